The predicted molar refractivity (Wildman–Crippen MR) is 54.2 cm³/mol. The summed E-state index contributed by atoms with van der Waals surface area (Å²) in [5.41, 5.74) is 1.27. The van der Waals surface area contributed by atoms with E-state index in [9.17, 15) is 4.79 Å². The molecule has 2 aromatic heterocycles. The summed E-state index contributed by atoms with van der Waals surface area (Å²) in [5.74, 6) is 0. The average molecular weight is 211 g/mol. The van der Waals surface area contributed by atoms with Gasteiger partial charge in [-0.15, -0.1) is 11.3 Å². The lowest BCUT2D eigenvalue weighted by molar-refractivity contribution is 0.210. The number of hydrogen-bond acceptors (Lipinski definition) is 3. The number of aryl methyl sites for hydroxylation is 2. The van der Waals surface area contributed by atoms with Crippen LogP contribution in [0.15, 0.2) is 6.20 Å². The average Bonchev–Trinajstić information content (AvgIpc) is 2.51. The van der Waals surface area contributed by atoms with Gasteiger partial charge in [-0.25, -0.2) is 9.31 Å². The molecule has 6 heteroatoms. The van der Waals surface area contributed by atoms with Crippen molar-refractivity contribution in [3.05, 3.63) is 16.8 Å². The Bertz CT molecular complexity index is 500. The van der Waals surface area contributed by atoms with Gasteiger partial charge in [0.05, 0.1) is 5.69 Å². The summed E-state index contributed by atoms with van der Waals surface area (Å²) in [7, 11) is 0. The zero-order valence-electron chi connectivity index (χ0n) is 7.74. The van der Waals surface area contributed by atoms with Crippen molar-refractivity contribution in [1.29, 1.82) is 0 Å². The van der Waals surface area contributed by atoms with Crippen LogP contribution in [0.25, 0.3) is 4.83 Å². The summed E-state index contributed by atoms with van der Waals surface area (Å²) in [4.78, 5) is 12.5. The molecule has 14 heavy (non-hydrogen) atoms. The Kier molecular flexibility index (Phi) is 1.92. The zero-order valence-corrected chi connectivity index (χ0v) is 8.55. The van der Waals surface area contributed by atoms with Gasteiger partial charge in [-0.3, -0.25) is 5.32 Å². The van der Waals surface area contributed by atoms with Gasteiger partial charge in [0.15, 0.2) is 0 Å². The first-order chi connectivity index (χ1) is 6.58. The molecule has 2 aromatic rings. The van der Waals surface area contributed by atoms with Crippen molar-refractivity contribution in [2.75, 3.05) is 5.32 Å². The monoisotopic (exact) mass is 211 g/mol. The lowest BCUT2D eigenvalue weighted by atomic mass is 10.4. The van der Waals surface area contributed by atoms with Crippen molar-refractivity contribution >= 4 is 27.9 Å². The second-order valence-corrected chi connectivity index (χ2v) is 4.22. The number of hydrogen-bond donors (Lipinski definition) is 2. The first-order valence-electron chi connectivity index (χ1n) is 4.03. The minimum Gasteiger partial charge on any atom is -0.465 e. The summed E-state index contributed by atoms with van der Waals surface area (Å²) in [6.07, 6.45) is 0.814. The van der Waals surface area contributed by atoms with Gasteiger partial charge in [0, 0.05) is 11.1 Å². The summed E-state index contributed by atoms with van der Waals surface area (Å²) in [6.45, 7) is 3.74. The van der Waals surface area contributed by atoms with Gasteiger partial charge < -0.3 is 5.11 Å². The first kappa shape index (κ1) is 9.01. The van der Waals surface area contributed by atoms with E-state index < -0.39 is 6.09 Å². The molecular formula is C8H9N3O2S. The number of thiazole rings is 1. The van der Waals surface area contributed by atoms with Crippen molar-refractivity contribution in [3.8, 4) is 0 Å². The molecule has 0 fully saturated rings. The molecule has 2 N–H and O–H groups in total. The number of aromatic nitrogens is 2. The third-order valence-corrected chi connectivity index (χ3v) is 2.85. The molecule has 74 valence electrons. The van der Waals surface area contributed by atoms with Crippen LogP contribution in [0.3, 0.4) is 0 Å². The minimum absolute atomic E-state index is 0.579. The van der Waals surface area contributed by atoms with Crippen molar-refractivity contribution in [3.63, 3.8) is 0 Å². The van der Waals surface area contributed by atoms with E-state index in [0.29, 0.717) is 11.4 Å². The van der Waals surface area contributed by atoms with Crippen LogP contribution in [0, 0.1) is 13.8 Å². The number of nitrogens with zero attached hydrogens (tertiary/aromatic N) is 2. The molecule has 1 amide bonds. The van der Waals surface area contributed by atoms with Crippen LogP contribution in [-0.4, -0.2) is 20.8 Å². The van der Waals surface area contributed by atoms with Gasteiger partial charge in [-0.1, -0.05) is 0 Å². The van der Waals surface area contributed by atoms with E-state index in [0.717, 1.165) is 9.71 Å². The van der Waals surface area contributed by atoms with Crippen LogP contribution in [0.1, 0.15) is 10.6 Å². The minimum atomic E-state index is -1.06. The van der Waals surface area contributed by atoms with E-state index >= 15 is 0 Å². The summed E-state index contributed by atoms with van der Waals surface area (Å²) >= 11 is 1.52. The van der Waals surface area contributed by atoms with Gasteiger partial charge >= 0.3 is 6.09 Å². The van der Waals surface area contributed by atoms with Crippen LogP contribution < -0.4 is 5.32 Å². The number of amides is 1. The molecule has 0 aliphatic heterocycles. The summed E-state index contributed by atoms with van der Waals surface area (Å²) in [5, 5.41) is 15.2. The van der Waals surface area contributed by atoms with E-state index in [-0.39, 0.29) is 0 Å². The van der Waals surface area contributed by atoms with Gasteiger partial charge in [0.25, 0.3) is 0 Å². The molecule has 0 aliphatic carbocycles. The maximum atomic E-state index is 10.5. The van der Waals surface area contributed by atoms with Crippen molar-refractivity contribution in [2.45, 2.75) is 13.8 Å². The molecule has 0 saturated heterocycles. The second kappa shape index (κ2) is 2.98. The molecule has 0 atom stereocenters. The third kappa shape index (κ3) is 1.33. The highest BCUT2D eigenvalue weighted by Crippen LogP contribution is 2.27. The molecule has 2 rings (SSSR count). The molecule has 0 radical (unpaired) electrons. The van der Waals surface area contributed by atoms with Crippen LogP contribution in [0.4, 0.5) is 10.5 Å². The van der Waals surface area contributed by atoms with E-state index in [2.05, 4.69) is 10.4 Å². The van der Waals surface area contributed by atoms with Gasteiger partial charge in [-0.2, -0.15) is 5.10 Å². The number of carbonyl (C=O) groups is 1. The summed E-state index contributed by atoms with van der Waals surface area (Å²) in [6, 6.07) is 0. The summed E-state index contributed by atoms with van der Waals surface area (Å²) < 4.78 is 1.70. The number of nitrogens with one attached hydrogen (secondary N) is 1. The van der Waals surface area contributed by atoms with Gasteiger partial charge in [0.2, 0.25) is 0 Å². The van der Waals surface area contributed by atoms with Gasteiger partial charge in [-0.05, 0) is 13.8 Å². The van der Waals surface area contributed by atoms with E-state index in [1.54, 1.807) is 11.4 Å². The standard InChI is InChI=1S/C8H9N3O2S/c1-4-3-11-7(14-4)6(5(2)10-11)9-8(12)13/h3,9H,1-2H3,(H,12,13). The third-order valence-electron chi connectivity index (χ3n) is 1.84. The molecule has 2 heterocycles. The van der Waals surface area contributed by atoms with Crippen molar-refractivity contribution < 1.29 is 9.90 Å². The zero-order chi connectivity index (χ0) is 10.3. The number of fused-ring (bicyclic) bond motifs is 1. The smallest absolute Gasteiger partial charge is 0.409 e. The number of anilines is 1. The predicted octanol–water partition coefficient (Wildman–Crippen LogP) is 2.10. The Balaban J connectivity index is 2.59. The second-order valence-electron chi connectivity index (χ2n) is 2.98. The fraction of sp³-hybridized carbons (Fsp3) is 0.250. The number of rotatable bonds is 1. The van der Waals surface area contributed by atoms with Crippen molar-refractivity contribution in [1.82, 2.24) is 9.61 Å². The lowest BCUT2D eigenvalue weighted by Gasteiger charge is -1.96. The van der Waals surface area contributed by atoms with Crippen LogP contribution >= 0.6 is 11.3 Å². The Morgan fingerprint density at radius 1 is 1.64 bits per heavy atom. The highest BCUT2D eigenvalue weighted by atomic mass is 32.1. The molecule has 0 spiro atoms. The van der Waals surface area contributed by atoms with E-state index in [1.165, 1.54) is 11.3 Å². The maximum Gasteiger partial charge on any atom is 0.409 e. The Labute approximate surface area is 84.0 Å². The highest BCUT2D eigenvalue weighted by Gasteiger charge is 2.13. The molecule has 0 aromatic carbocycles. The fourth-order valence-electron chi connectivity index (χ4n) is 1.31. The topological polar surface area (TPSA) is 66.6 Å². The number of carboxylic acid groups (broad SMARTS) is 1. The Morgan fingerprint density at radius 3 is 3.00 bits per heavy atom. The first-order valence-corrected chi connectivity index (χ1v) is 4.85. The van der Waals surface area contributed by atoms with Gasteiger partial charge in [0.1, 0.15) is 10.5 Å². The normalized spacial score (nSPS) is 10.7. The molecule has 0 unspecified atom stereocenters. The molecule has 5 nitrogen and oxygen atoms in total. The molecule has 0 bridgehead atoms. The molecule has 0 aliphatic rings. The largest absolute Gasteiger partial charge is 0.465 e. The van der Waals surface area contributed by atoms with Crippen LogP contribution in [0.5, 0.6) is 0 Å². The van der Waals surface area contributed by atoms with Crippen LogP contribution in [0.2, 0.25) is 0 Å². The SMILES string of the molecule is Cc1cn2nc(C)c(NC(=O)O)c2s1. The van der Waals surface area contributed by atoms with Crippen molar-refractivity contribution in [2.24, 2.45) is 0 Å². The Morgan fingerprint density at radius 2 is 2.36 bits per heavy atom. The fourth-order valence-corrected chi connectivity index (χ4v) is 2.26. The lowest BCUT2D eigenvalue weighted by Crippen LogP contribution is -2.07. The maximum absolute atomic E-state index is 10.5. The van der Waals surface area contributed by atoms with E-state index in [4.69, 9.17) is 5.11 Å². The highest BCUT2D eigenvalue weighted by molar-refractivity contribution is 7.18. The molecular weight excluding hydrogens is 202 g/mol. The van der Waals surface area contributed by atoms with E-state index in [1.807, 2.05) is 13.1 Å². The quantitative estimate of drug-likeness (QED) is 0.759. The molecule has 0 saturated carbocycles. The van der Waals surface area contributed by atoms with Crippen LogP contribution in [-0.2, 0) is 0 Å². The Hall–Kier alpha value is -1.56.